The van der Waals surface area contributed by atoms with E-state index in [1.54, 1.807) is 6.07 Å². The molecule has 2 aromatic rings. The number of esters is 1. The number of carbonyl (C=O) groups excluding carboxylic acids is 2. The number of halogens is 1. The molecule has 0 saturated heterocycles. The van der Waals surface area contributed by atoms with Gasteiger partial charge in [-0.25, -0.2) is 9.37 Å². The van der Waals surface area contributed by atoms with E-state index in [1.165, 1.54) is 30.6 Å². The quantitative estimate of drug-likeness (QED) is 0.819. The third-order valence-corrected chi connectivity index (χ3v) is 3.72. The maximum absolute atomic E-state index is 13.1. The number of nitrogens with two attached hydrogens (primary N) is 1. The Bertz CT molecular complexity index is 674. The Hall–Kier alpha value is -2.06. The van der Waals surface area contributed by atoms with Crippen molar-refractivity contribution in [1.29, 1.82) is 0 Å². The molecule has 6 nitrogen and oxygen atoms in total. The second kappa shape index (κ2) is 6.59. The lowest BCUT2D eigenvalue weighted by atomic mass is 10.1. The van der Waals surface area contributed by atoms with Crippen molar-refractivity contribution in [3.63, 3.8) is 0 Å². The number of anilines is 1. The van der Waals surface area contributed by atoms with Crippen molar-refractivity contribution in [1.82, 2.24) is 4.98 Å². The monoisotopic (exact) mass is 311 g/mol. The van der Waals surface area contributed by atoms with E-state index in [0.29, 0.717) is 15.3 Å². The summed E-state index contributed by atoms with van der Waals surface area (Å²) < 4.78 is 18.2. The van der Waals surface area contributed by atoms with Crippen LogP contribution < -0.4 is 11.1 Å². The maximum atomic E-state index is 13.1. The molecule has 21 heavy (non-hydrogen) atoms. The first-order valence-corrected chi connectivity index (χ1v) is 7.00. The van der Waals surface area contributed by atoms with Gasteiger partial charge in [-0.3, -0.25) is 9.59 Å². The van der Waals surface area contributed by atoms with Gasteiger partial charge in [-0.2, -0.15) is 0 Å². The minimum absolute atomic E-state index is 0.0700. The molecule has 0 spiro atoms. The first kappa shape index (κ1) is 15.3. The number of aromatic nitrogens is 1. The Morgan fingerprint density at radius 1 is 1.52 bits per heavy atom. The molecule has 0 radical (unpaired) electrons. The zero-order valence-electron chi connectivity index (χ0n) is 11.3. The number of benzene rings is 1. The van der Waals surface area contributed by atoms with Gasteiger partial charge in [-0.15, -0.1) is 0 Å². The highest BCUT2D eigenvalue weighted by Crippen LogP contribution is 2.26. The summed E-state index contributed by atoms with van der Waals surface area (Å²) in [6.07, 6.45) is 0.249. The van der Waals surface area contributed by atoms with E-state index in [1.807, 2.05) is 0 Å². The zero-order chi connectivity index (χ0) is 15.4. The highest BCUT2D eigenvalue weighted by Gasteiger charge is 2.16. The number of nitrogens with one attached hydrogen (secondary N) is 1. The highest BCUT2D eigenvalue weighted by molar-refractivity contribution is 7.22. The first-order valence-electron chi connectivity index (χ1n) is 6.19. The van der Waals surface area contributed by atoms with Crippen LogP contribution in [0.3, 0.4) is 0 Å². The van der Waals surface area contributed by atoms with Crippen molar-refractivity contribution in [2.45, 2.75) is 18.9 Å². The van der Waals surface area contributed by atoms with Gasteiger partial charge >= 0.3 is 5.97 Å². The van der Waals surface area contributed by atoms with Crippen LogP contribution in [0.4, 0.5) is 9.52 Å². The summed E-state index contributed by atoms with van der Waals surface area (Å²) >= 11 is 1.18. The molecule has 0 aliphatic rings. The van der Waals surface area contributed by atoms with Crippen LogP contribution in [0.2, 0.25) is 0 Å². The normalized spacial score (nSPS) is 12.1. The number of hydrogen-bond donors (Lipinski definition) is 2. The number of amides is 1. The fraction of sp³-hybridized carbons (Fsp3) is 0.308. The molecule has 3 N–H and O–H groups in total. The molecule has 1 heterocycles. The van der Waals surface area contributed by atoms with Crippen molar-refractivity contribution in [3.8, 4) is 0 Å². The average molecular weight is 311 g/mol. The van der Waals surface area contributed by atoms with Gasteiger partial charge in [-0.05, 0) is 24.6 Å². The summed E-state index contributed by atoms with van der Waals surface area (Å²) in [5, 5.41) is 2.98. The van der Waals surface area contributed by atoms with Crippen LogP contribution in [0.15, 0.2) is 18.2 Å². The van der Waals surface area contributed by atoms with Gasteiger partial charge in [0.1, 0.15) is 11.9 Å². The van der Waals surface area contributed by atoms with E-state index in [2.05, 4.69) is 15.0 Å². The second-order valence-corrected chi connectivity index (χ2v) is 5.38. The molecule has 1 unspecified atom stereocenters. The predicted molar refractivity (Wildman–Crippen MR) is 77.4 cm³/mol. The van der Waals surface area contributed by atoms with E-state index in [-0.39, 0.29) is 24.6 Å². The molecule has 8 heteroatoms. The number of carbonyl (C=O) groups is 2. The number of nitrogens with zero attached hydrogens (tertiary/aromatic N) is 1. The molecule has 1 aromatic heterocycles. The first-order chi connectivity index (χ1) is 9.99. The van der Waals surface area contributed by atoms with Crippen molar-refractivity contribution in [2.24, 2.45) is 5.73 Å². The van der Waals surface area contributed by atoms with E-state index in [0.717, 1.165) is 0 Å². The zero-order valence-corrected chi connectivity index (χ0v) is 12.1. The maximum Gasteiger partial charge on any atom is 0.322 e. The SMILES string of the molecule is COC(=O)C(N)CCC(=O)Nc1nc2ccc(F)cc2s1. The Balaban J connectivity index is 1.93. The Morgan fingerprint density at radius 2 is 2.29 bits per heavy atom. The summed E-state index contributed by atoms with van der Waals surface area (Å²) in [7, 11) is 1.24. The van der Waals surface area contributed by atoms with Gasteiger partial charge in [0.15, 0.2) is 5.13 Å². The molecular formula is C13H14FN3O3S. The van der Waals surface area contributed by atoms with Crippen molar-refractivity contribution in [2.75, 3.05) is 12.4 Å². The van der Waals surface area contributed by atoms with Crippen LogP contribution in [0, 0.1) is 5.82 Å². The topological polar surface area (TPSA) is 94.3 Å². The molecule has 0 aliphatic carbocycles. The van der Waals surface area contributed by atoms with Crippen LogP contribution in [0.5, 0.6) is 0 Å². The van der Waals surface area contributed by atoms with E-state index >= 15 is 0 Å². The molecule has 0 saturated carbocycles. The summed E-state index contributed by atoms with van der Waals surface area (Å²) in [5.41, 5.74) is 6.15. The molecule has 0 bridgehead atoms. The van der Waals surface area contributed by atoms with Crippen molar-refractivity contribution in [3.05, 3.63) is 24.0 Å². The summed E-state index contributed by atoms with van der Waals surface area (Å²) in [5.74, 6) is -1.22. The van der Waals surface area contributed by atoms with Gasteiger partial charge in [0.25, 0.3) is 0 Å². The van der Waals surface area contributed by atoms with E-state index < -0.39 is 12.0 Å². The lowest BCUT2D eigenvalue weighted by Gasteiger charge is -2.08. The van der Waals surface area contributed by atoms with Crippen LogP contribution in [-0.2, 0) is 14.3 Å². The minimum atomic E-state index is -0.829. The Kier molecular flexibility index (Phi) is 4.81. The van der Waals surface area contributed by atoms with Crippen molar-refractivity contribution >= 4 is 38.6 Å². The minimum Gasteiger partial charge on any atom is -0.468 e. The molecule has 2 rings (SSSR count). The third-order valence-electron chi connectivity index (χ3n) is 2.78. The molecule has 112 valence electrons. The van der Waals surface area contributed by atoms with Crippen LogP contribution in [-0.4, -0.2) is 30.0 Å². The average Bonchev–Trinajstić information content (AvgIpc) is 2.84. The van der Waals surface area contributed by atoms with E-state index in [4.69, 9.17) is 5.73 Å². The van der Waals surface area contributed by atoms with Crippen LogP contribution in [0.1, 0.15) is 12.8 Å². The standard InChI is InChI=1S/C13H14FN3O3S/c1-20-12(19)8(15)3-5-11(18)17-13-16-9-4-2-7(14)6-10(9)21-13/h2,4,6,8H,3,5,15H2,1H3,(H,16,17,18). The largest absolute Gasteiger partial charge is 0.468 e. The Morgan fingerprint density at radius 3 is 3.00 bits per heavy atom. The molecule has 1 atom stereocenters. The molecule has 1 amide bonds. The van der Waals surface area contributed by atoms with Gasteiger partial charge in [0.05, 0.1) is 17.3 Å². The molecular weight excluding hydrogens is 297 g/mol. The van der Waals surface area contributed by atoms with Gasteiger partial charge < -0.3 is 15.8 Å². The third kappa shape index (κ3) is 3.96. The predicted octanol–water partition coefficient (Wildman–Crippen LogP) is 1.65. The van der Waals surface area contributed by atoms with E-state index in [9.17, 15) is 14.0 Å². The van der Waals surface area contributed by atoms with Gasteiger partial charge in [0, 0.05) is 6.42 Å². The number of methoxy groups -OCH3 is 1. The fourth-order valence-corrected chi connectivity index (χ4v) is 2.60. The number of rotatable bonds is 5. The summed E-state index contributed by atoms with van der Waals surface area (Å²) in [6.45, 7) is 0. The Labute approximate surface area is 124 Å². The fourth-order valence-electron chi connectivity index (χ4n) is 1.69. The van der Waals surface area contributed by atoms with Gasteiger partial charge in [-0.1, -0.05) is 11.3 Å². The number of hydrogen-bond acceptors (Lipinski definition) is 6. The molecule has 0 fully saturated rings. The number of ether oxygens (including phenoxy) is 1. The molecule has 0 aliphatic heterocycles. The highest BCUT2D eigenvalue weighted by atomic mass is 32.1. The number of fused-ring (bicyclic) bond motifs is 1. The summed E-state index contributed by atoms with van der Waals surface area (Å²) in [4.78, 5) is 27.0. The van der Waals surface area contributed by atoms with Crippen molar-refractivity contribution < 1.29 is 18.7 Å². The second-order valence-electron chi connectivity index (χ2n) is 4.35. The van der Waals surface area contributed by atoms with Crippen LogP contribution >= 0.6 is 11.3 Å². The lowest BCUT2D eigenvalue weighted by Crippen LogP contribution is -2.32. The lowest BCUT2D eigenvalue weighted by molar-refractivity contribution is -0.142. The smallest absolute Gasteiger partial charge is 0.322 e. The summed E-state index contributed by atoms with van der Waals surface area (Å²) in [6, 6.07) is 3.38. The molecule has 1 aromatic carbocycles. The van der Waals surface area contributed by atoms with Crippen LogP contribution in [0.25, 0.3) is 10.2 Å². The number of thiazole rings is 1. The van der Waals surface area contributed by atoms with Gasteiger partial charge in [0.2, 0.25) is 5.91 Å².